The lowest BCUT2D eigenvalue weighted by Crippen LogP contribution is -1.81. The van der Waals surface area contributed by atoms with E-state index in [-0.39, 0.29) is 5.75 Å². The van der Waals surface area contributed by atoms with Crippen molar-refractivity contribution in [1.82, 2.24) is 0 Å². The number of benzene rings is 1. The Kier molecular flexibility index (Phi) is 2.91. The van der Waals surface area contributed by atoms with Gasteiger partial charge in [0, 0.05) is 10.1 Å². The second kappa shape index (κ2) is 3.95. The Hall–Kier alpha value is -1.25. The van der Waals surface area contributed by atoms with Crippen molar-refractivity contribution in [2.24, 2.45) is 0 Å². The number of hydrogen-bond acceptors (Lipinski definition) is 3. The first-order valence-electron chi connectivity index (χ1n) is 3.12. The van der Waals surface area contributed by atoms with E-state index >= 15 is 0 Å². The Morgan fingerprint density at radius 1 is 1.33 bits per heavy atom. The Morgan fingerprint density at radius 3 is 2.33 bits per heavy atom. The second-order valence-corrected chi connectivity index (χ2v) is 2.67. The lowest BCUT2D eigenvalue weighted by atomic mass is 10.2. The van der Waals surface area contributed by atoms with E-state index in [0.717, 1.165) is 0 Å². The van der Waals surface area contributed by atoms with Gasteiger partial charge in [-0.25, -0.2) is 4.52 Å². The molecule has 62 valence electrons. The Labute approximate surface area is 69.7 Å². The van der Waals surface area contributed by atoms with E-state index in [4.69, 9.17) is 4.89 Å². The third kappa shape index (κ3) is 2.42. The summed E-state index contributed by atoms with van der Waals surface area (Å²) in [4.78, 5) is 18.5. The summed E-state index contributed by atoms with van der Waals surface area (Å²) in [5, 5.41) is 0. The number of aldehydes is 1. The summed E-state index contributed by atoms with van der Waals surface area (Å²) in [6.45, 7) is 0. The fourth-order valence-electron chi connectivity index (χ4n) is 0.697. The average molecular weight is 185 g/mol. The van der Waals surface area contributed by atoms with Gasteiger partial charge in [0.1, 0.15) is 6.29 Å². The van der Waals surface area contributed by atoms with Crippen LogP contribution in [0.25, 0.3) is 0 Å². The molecule has 0 saturated carbocycles. The Bertz CT molecular complexity index is 293. The molecule has 0 heterocycles. The average Bonchev–Trinajstić information content (AvgIpc) is 2.05. The molecule has 0 aliphatic rings. The number of rotatable bonds is 3. The van der Waals surface area contributed by atoms with Crippen LogP contribution < -0.4 is 4.52 Å². The molecule has 0 spiro atoms. The van der Waals surface area contributed by atoms with E-state index < -0.39 is 8.25 Å². The molecule has 1 atom stereocenters. The van der Waals surface area contributed by atoms with Gasteiger partial charge in [-0.1, -0.05) is 0 Å². The normalized spacial score (nSPS) is 10.6. The molecule has 1 aromatic carbocycles. The largest absolute Gasteiger partial charge is 0.747 e. The molecule has 1 rings (SSSR count). The predicted octanol–water partition coefficient (Wildman–Crippen LogP) is 1.53. The molecule has 0 aromatic heterocycles. The molecule has 0 amide bonds. The predicted molar refractivity (Wildman–Crippen MR) is 42.3 cm³/mol. The number of carbonyl (C=O) groups is 1. The van der Waals surface area contributed by atoms with Crippen LogP contribution >= 0.6 is 8.25 Å². The molecule has 0 aliphatic carbocycles. The van der Waals surface area contributed by atoms with Gasteiger partial charge in [-0.3, -0.25) is 4.79 Å². The molecule has 5 heteroatoms. The lowest BCUT2D eigenvalue weighted by Gasteiger charge is -1.90. The fraction of sp³-hybridized carbons (Fsp3) is 0. The third-order valence-electron chi connectivity index (χ3n) is 1.20. The lowest BCUT2D eigenvalue weighted by molar-refractivity contribution is 0.112. The fourth-order valence-corrected chi connectivity index (χ4v) is 0.999. The molecular weight excluding hydrogens is 179 g/mol. The van der Waals surface area contributed by atoms with Gasteiger partial charge in [0.25, 0.3) is 0 Å². The molecule has 0 radical (unpaired) electrons. The van der Waals surface area contributed by atoms with Gasteiger partial charge >= 0.3 is 8.25 Å². The van der Waals surface area contributed by atoms with E-state index in [0.29, 0.717) is 11.8 Å². The van der Waals surface area contributed by atoms with E-state index in [2.05, 4.69) is 4.52 Å². The summed E-state index contributed by atoms with van der Waals surface area (Å²) in [6, 6.07) is 5.91. The Balaban J connectivity index is 2.77. The molecule has 0 fully saturated rings. The smallest absolute Gasteiger partial charge is 0.298 e. The van der Waals surface area contributed by atoms with Crippen LogP contribution in [-0.2, 0) is 4.57 Å². The van der Waals surface area contributed by atoms with Crippen molar-refractivity contribution in [2.45, 2.75) is 0 Å². The van der Waals surface area contributed by atoms with Crippen molar-refractivity contribution < 1.29 is 18.8 Å². The van der Waals surface area contributed by atoms with Crippen LogP contribution in [0.5, 0.6) is 5.75 Å². The first kappa shape index (κ1) is 8.84. The van der Waals surface area contributed by atoms with E-state index in [9.17, 15) is 9.36 Å². The highest BCUT2D eigenvalue weighted by Gasteiger charge is 2.13. The minimum Gasteiger partial charge on any atom is -0.298 e. The molecule has 1 aromatic rings. The quantitative estimate of drug-likeness (QED) is 0.572. The topological polar surface area (TPSA) is 63.6 Å². The summed E-state index contributed by atoms with van der Waals surface area (Å²) < 4.78 is 14.6. The zero-order chi connectivity index (χ0) is 8.97. The van der Waals surface area contributed by atoms with Gasteiger partial charge in [-0.15, -0.1) is 4.89 Å². The zero-order valence-corrected chi connectivity index (χ0v) is 6.90. The summed E-state index contributed by atoms with van der Waals surface area (Å²) in [5.41, 5.74) is 0.496. The van der Waals surface area contributed by atoms with Crippen LogP contribution in [0, 0.1) is 0 Å². The number of hydrogen-bond donors (Lipinski definition) is 1. The van der Waals surface area contributed by atoms with Crippen LogP contribution in [0.4, 0.5) is 0 Å². The van der Waals surface area contributed by atoms with Crippen molar-refractivity contribution in [3.8, 4) is 5.75 Å². The summed E-state index contributed by atoms with van der Waals surface area (Å²) in [5.74, 6) is 0.268. The van der Waals surface area contributed by atoms with Gasteiger partial charge in [0.05, 0.1) is 0 Å². The third-order valence-corrected chi connectivity index (χ3v) is 1.57. The summed E-state index contributed by atoms with van der Waals surface area (Å²) in [7, 11) is -2.63. The minimum atomic E-state index is -2.63. The van der Waals surface area contributed by atoms with Crippen molar-refractivity contribution in [1.29, 1.82) is 0 Å². The standard InChI is InChI=1S/C7H5O4P/c8-5-6-1-3-7(4-2-6)11-12(9)10/h1-5H/p+1. The molecular formula is C7H6O4P+. The first-order valence-corrected chi connectivity index (χ1v) is 4.25. The van der Waals surface area contributed by atoms with Crippen LogP contribution in [0.15, 0.2) is 24.3 Å². The molecule has 4 nitrogen and oxygen atoms in total. The van der Waals surface area contributed by atoms with Gasteiger partial charge in [-0.05, 0) is 24.3 Å². The van der Waals surface area contributed by atoms with E-state index in [1.807, 2.05) is 0 Å². The van der Waals surface area contributed by atoms with Crippen molar-refractivity contribution in [3.63, 3.8) is 0 Å². The highest BCUT2D eigenvalue weighted by atomic mass is 31.1. The molecule has 12 heavy (non-hydrogen) atoms. The van der Waals surface area contributed by atoms with Gasteiger partial charge in [0.2, 0.25) is 0 Å². The summed E-state index contributed by atoms with van der Waals surface area (Å²) >= 11 is 0. The van der Waals surface area contributed by atoms with Gasteiger partial charge < -0.3 is 0 Å². The SMILES string of the molecule is O=Cc1ccc(O[P+](=O)O)cc1. The van der Waals surface area contributed by atoms with Crippen molar-refractivity contribution in [3.05, 3.63) is 29.8 Å². The maximum atomic E-state index is 10.2. The molecule has 1 N–H and O–H groups in total. The van der Waals surface area contributed by atoms with Crippen molar-refractivity contribution >= 4 is 14.5 Å². The van der Waals surface area contributed by atoms with Gasteiger partial charge in [0.15, 0.2) is 5.75 Å². The van der Waals surface area contributed by atoms with E-state index in [1.165, 1.54) is 24.3 Å². The van der Waals surface area contributed by atoms with Crippen molar-refractivity contribution in [2.75, 3.05) is 0 Å². The Morgan fingerprint density at radius 2 is 1.92 bits per heavy atom. The zero-order valence-electron chi connectivity index (χ0n) is 6.01. The molecule has 0 aliphatic heterocycles. The molecule has 1 unspecified atom stereocenters. The number of carbonyl (C=O) groups excluding carboxylic acids is 1. The van der Waals surface area contributed by atoms with Gasteiger partial charge in [-0.2, -0.15) is 0 Å². The van der Waals surface area contributed by atoms with Crippen LogP contribution in [-0.4, -0.2) is 11.2 Å². The second-order valence-electron chi connectivity index (χ2n) is 2.02. The highest BCUT2D eigenvalue weighted by molar-refractivity contribution is 7.32. The molecule has 0 saturated heterocycles. The maximum Gasteiger partial charge on any atom is 0.747 e. The monoisotopic (exact) mass is 185 g/mol. The first-order chi connectivity index (χ1) is 5.72. The van der Waals surface area contributed by atoms with Crippen LogP contribution in [0.2, 0.25) is 0 Å². The van der Waals surface area contributed by atoms with E-state index in [1.54, 1.807) is 0 Å². The van der Waals surface area contributed by atoms with Crippen LogP contribution in [0.3, 0.4) is 0 Å². The minimum absolute atomic E-state index is 0.268. The summed E-state index contributed by atoms with van der Waals surface area (Å²) in [6.07, 6.45) is 0.683. The maximum absolute atomic E-state index is 10.2. The highest BCUT2D eigenvalue weighted by Crippen LogP contribution is 2.22. The van der Waals surface area contributed by atoms with Crippen LogP contribution in [0.1, 0.15) is 10.4 Å². The molecule has 0 bridgehead atoms.